The Hall–Kier alpha value is -1.84. The number of hydrogen-bond donors (Lipinski definition) is 0. The van der Waals surface area contributed by atoms with Crippen LogP contribution in [0.3, 0.4) is 0 Å². The summed E-state index contributed by atoms with van der Waals surface area (Å²) in [6.07, 6.45) is 7.01. The number of para-hydroxylation sites is 1. The summed E-state index contributed by atoms with van der Waals surface area (Å²) < 4.78 is 0. The summed E-state index contributed by atoms with van der Waals surface area (Å²) in [5, 5.41) is 0. The lowest BCUT2D eigenvalue weighted by molar-refractivity contribution is -0.132. The van der Waals surface area contributed by atoms with Crippen LogP contribution in [0.2, 0.25) is 0 Å². The minimum absolute atomic E-state index is 0.0335. The summed E-state index contributed by atoms with van der Waals surface area (Å²) in [6, 6.07) is 8.09. The van der Waals surface area contributed by atoms with Gasteiger partial charge in [0.25, 0.3) is 0 Å². The van der Waals surface area contributed by atoms with E-state index in [4.69, 9.17) is 0 Å². The minimum Gasteiger partial charge on any atom is -0.338 e. The van der Waals surface area contributed by atoms with Crippen molar-refractivity contribution in [1.29, 1.82) is 0 Å². The summed E-state index contributed by atoms with van der Waals surface area (Å²) in [6.45, 7) is 8.13. The predicted molar refractivity (Wildman–Crippen MR) is 107 cm³/mol. The fraction of sp³-hybridized carbons (Fsp3) is 0.636. The Bertz CT molecular complexity index is 598. The van der Waals surface area contributed by atoms with E-state index in [9.17, 15) is 9.59 Å². The van der Waals surface area contributed by atoms with Crippen LogP contribution in [0.1, 0.15) is 71.3 Å². The number of carbonyl (C=O) groups excluding carboxylic acids is 2. The van der Waals surface area contributed by atoms with E-state index < -0.39 is 0 Å². The first-order valence-corrected chi connectivity index (χ1v) is 10.2. The maximum absolute atomic E-state index is 12.8. The molecule has 26 heavy (non-hydrogen) atoms. The summed E-state index contributed by atoms with van der Waals surface area (Å²) in [7, 11) is 0. The highest BCUT2D eigenvalue weighted by Gasteiger charge is 2.23. The lowest BCUT2D eigenvalue weighted by Gasteiger charge is -2.30. The van der Waals surface area contributed by atoms with Crippen molar-refractivity contribution in [2.24, 2.45) is 5.92 Å². The first-order valence-electron chi connectivity index (χ1n) is 10.2. The maximum atomic E-state index is 12.8. The van der Waals surface area contributed by atoms with Crippen molar-refractivity contribution in [2.75, 3.05) is 18.0 Å². The zero-order valence-corrected chi connectivity index (χ0v) is 16.7. The van der Waals surface area contributed by atoms with E-state index in [1.54, 1.807) is 0 Å². The lowest BCUT2D eigenvalue weighted by Crippen LogP contribution is -2.37. The second-order valence-electron chi connectivity index (χ2n) is 7.61. The van der Waals surface area contributed by atoms with Gasteiger partial charge in [-0.2, -0.15) is 0 Å². The highest BCUT2D eigenvalue weighted by molar-refractivity contribution is 5.95. The van der Waals surface area contributed by atoms with Crippen molar-refractivity contribution < 1.29 is 9.59 Å². The molecule has 0 radical (unpaired) electrons. The number of nitrogens with zero attached hydrogens (tertiary/aromatic N) is 2. The number of amides is 2. The Kier molecular flexibility index (Phi) is 8.14. The fourth-order valence-corrected chi connectivity index (χ4v) is 3.54. The highest BCUT2D eigenvalue weighted by atomic mass is 16.2. The fourth-order valence-electron chi connectivity index (χ4n) is 3.54. The number of fused-ring (bicyclic) bond motifs is 1. The number of anilines is 1. The average molecular weight is 359 g/mol. The van der Waals surface area contributed by atoms with E-state index in [1.165, 1.54) is 6.42 Å². The second-order valence-corrected chi connectivity index (χ2v) is 7.61. The number of benzene rings is 1. The van der Waals surface area contributed by atoms with Crippen molar-refractivity contribution in [2.45, 2.75) is 72.3 Å². The van der Waals surface area contributed by atoms with Gasteiger partial charge in [-0.1, -0.05) is 58.2 Å². The molecule has 4 nitrogen and oxygen atoms in total. The van der Waals surface area contributed by atoms with Crippen molar-refractivity contribution in [1.82, 2.24) is 4.90 Å². The van der Waals surface area contributed by atoms with E-state index in [0.29, 0.717) is 13.0 Å². The van der Waals surface area contributed by atoms with Crippen LogP contribution in [0.5, 0.6) is 0 Å². The quantitative estimate of drug-likeness (QED) is 0.781. The lowest BCUT2D eigenvalue weighted by atomic mass is 10.0. The Morgan fingerprint density at radius 3 is 2.35 bits per heavy atom. The molecule has 1 aliphatic rings. The average Bonchev–Trinajstić information content (AvgIpc) is 2.62. The molecule has 1 heterocycles. The van der Waals surface area contributed by atoms with Crippen LogP contribution in [0.15, 0.2) is 24.3 Å². The van der Waals surface area contributed by atoms with Gasteiger partial charge in [-0.3, -0.25) is 9.59 Å². The Morgan fingerprint density at radius 2 is 1.65 bits per heavy atom. The standard InChI is InChI=1S/C22H34N2O2/c1-4-12-21(25)23-15-10-6-5-7-11-16-24(22(26)18(2)3)20-14-9-8-13-19(20)17-23/h8-9,13-14,18H,4-7,10-12,15-17H2,1-3H3. The van der Waals surface area contributed by atoms with Crippen LogP contribution in [0.25, 0.3) is 0 Å². The molecule has 0 atom stereocenters. The SMILES string of the molecule is CCCC(=O)N1CCCCCCCN(C(=O)C(C)C)c2ccccc2C1. The van der Waals surface area contributed by atoms with Gasteiger partial charge < -0.3 is 9.80 Å². The summed E-state index contributed by atoms with van der Waals surface area (Å²) >= 11 is 0. The van der Waals surface area contributed by atoms with E-state index >= 15 is 0 Å². The molecule has 0 fully saturated rings. The van der Waals surface area contributed by atoms with Gasteiger partial charge in [0.15, 0.2) is 0 Å². The molecule has 0 saturated heterocycles. The van der Waals surface area contributed by atoms with E-state index in [2.05, 4.69) is 6.07 Å². The van der Waals surface area contributed by atoms with Crippen molar-refractivity contribution >= 4 is 17.5 Å². The summed E-state index contributed by atoms with van der Waals surface area (Å²) in [5.74, 6) is 0.357. The van der Waals surface area contributed by atoms with Crippen molar-refractivity contribution in [3.63, 3.8) is 0 Å². The van der Waals surface area contributed by atoms with Crippen LogP contribution >= 0.6 is 0 Å². The predicted octanol–water partition coefficient (Wildman–Crippen LogP) is 4.77. The van der Waals surface area contributed by atoms with E-state index in [1.807, 2.05) is 48.8 Å². The number of rotatable bonds is 3. The van der Waals surface area contributed by atoms with Gasteiger partial charge >= 0.3 is 0 Å². The van der Waals surface area contributed by atoms with E-state index in [-0.39, 0.29) is 17.7 Å². The van der Waals surface area contributed by atoms with Gasteiger partial charge in [-0.05, 0) is 30.9 Å². The van der Waals surface area contributed by atoms with Crippen LogP contribution in [0, 0.1) is 5.92 Å². The van der Waals surface area contributed by atoms with E-state index in [0.717, 1.165) is 56.4 Å². The smallest absolute Gasteiger partial charge is 0.229 e. The largest absolute Gasteiger partial charge is 0.338 e. The molecule has 0 saturated carbocycles. The molecule has 0 aliphatic carbocycles. The van der Waals surface area contributed by atoms with Crippen molar-refractivity contribution in [3.8, 4) is 0 Å². The minimum atomic E-state index is -0.0335. The molecule has 2 amide bonds. The number of hydrogen-bond acceptors (Lipinski definition) is 2. The van der Waals surface area contributed by atoms with Gasteiger partial charge in [0.1, 0.15) is 0 Å². The van der Waals surface area contributed by atoms with Gasteiger partial charge in [-0.15, -0.1) is 0 Å². The number of carbonyl (C=O) groups is 2. The Balaban J connectivity index is 2.35. The molecule has 1 aromatic carbocycles. The molecule has 0 bridgehead atoms. The normalized spacial score (nSPS) is 16.6. The molecule has 1 aromatic rings. The second kappa shape index (κ2) is 10.3. The molecule has 0 N–H and O–H groups in total. The summed E-state index contributed by atoms with van der Waals surface area (Å²) in [4.78, 5) is 29.4. The molecule has 2 rings (SSSR count). The third kappa shape index (κ3) is 5.58. The topological polar surface area (TPSA) is 40.6 Å². The Morgan fingerprint density at radius 1 is 1.00 bits per heavy atom. The molecule has 144 valence electrons. The van der Waals surface area contributed by atoms with Crippen LogP contribution in [0.4, 0.5) is 5.69 Å². The third-order valence-corrected chi connectivity index (χ3v) is 5.03. The molecule has 4 heteroatoms. The van der Waals surface area contributed by atoms with Gasteiger partial charge in [0.05, 0.1) is 0 Å². The Labute approximate surface area is 158 Å². The van der Waals surface area contributed by atoms with Crippen LogP contribution in [-0.2, 0) is 16.1 Å². The zero-order valence-electron chi connectivity index (χ0n) is 16.7. The first-order chi connectivity index (χ1) is 12.5. The van der Waals surface area contributed by atoms with Crippen LogP contribution < -0.4 is 4.90 Å². The molecular weight excluding hydrogens is 324 g/mol. The molecule has 0 aromatic heterocycles. The molecule has 1 aliphatic heterocycles. The monoisotopic (exact) mass is 358 g/mol. The molecule has 0 unspecified atom stereocenters. The maximum Gasteiger partial charge on any atom is 0.229 e. The van der Waals surface area contributed by atoms with Gasteiger partial charge in [0.2, 0.25) is 11.8 Å². The third-order valence-electron chi connectivity index (χ3n) is 5.03. The first kappa shape index (κ1) is 20.5. The zero-order chi connectivity index (χ0) is 18.9. The van der Waals surface area contributed by atoms with Crippen LogP contribution in [-0.4, -0.2) is 29.8 Å². The highest BCUT2D eigenvalue weighted by Crippen LogP contribution is 2.26. The molecule has 0 spiro atoms. The van der Waals surface area contributed by atoms with Gasteiger partial charge in [-0.25, -0.2) is 0 Å². The van der Waals surface area contributed by atoms with Gasteiger partial charge in [0, 0.05) is 37.7 Å². The summed E-state index contributed by atoms with van der Waals surface area (Å²) in [5.41, 5.74) is 2.05. The van der Waals surface area contributed by atoms with Crippen molar-refractivity contribution in [3.05, 3.63) is 29.8 Å². The molecular formula is C22H34N2O2.